The van der Waals surface area contributed by atoms with Gasteiger partial charge < -0.3 is 0 Å². The Morgan fingerprint density at radius 2 is 2.29 bits per heavy atom. The molecular weight excluding hydrogens is 239 g/mol. The topological polar surface area (TPSA) is 25.2 Å². The Labute approximate surface area is 96.3 Å². The van der Waals surface area contributed by atoms with Crippen LogP contribution < -0.4 is 0 Å². The highest BCUT2D eigenvalue weighted by atomic mass is 35.5. The predicted octanol–water partition coefficient (Wildman–Crippen LogP) is 3.72. The van der Waals surface area contributed by atoms with Crippen molar-refractivity contribution in [1.82, 2.24) is 4.98 Å². The van der Waals surface area contributed by atoms with Crippen LogP contribution >= 0.6 is 34.5 Å². The smallest absolute Gasteiger partial charge is 0.157 e. The van der Waals surface area contributed by atoms with Gasteiger partial charge in [0.25, 0.3) is 0 Å². The van der Waals surface area contributed by atoms with Crippen LogP contribution in [0.3, 0.4) is 0 Å². The van der Waals surface area contributed by atoms with E-state index in [-0.39, 0.29) is 5.92 Å². The van der Waals surface area contributed by atoms with Gasteiger partial charge in [0.05, 0.1) is 5.51 Å². The van der Waals surface area contributed by atoms with E-state index in [0.29, 0.717) is 10.3 Å². The lowest BCUT2D eigenvalue weighted by molar-refractivity contribution is 0.816. The molecule has 0 bridgehead atoms. The molecule has 1 aliphatic rings. The van der Waals surface area contributed by atoms with Crippen LogP contribution in [0.15, 0.2) is 21.7 Å². The second-order valence-electron chi connectivity index (χ2n) is 2.97. The van der Waals surface area contributed by atoms with Crippen molar-refractivity contribution < 1.29 is 0 Å². The van der Waals surface area contributed by atoms with Crippen molar-refractivity contribution in [2.75, 3.05) is 0 Å². The van der Waals surface area contributed by atoms with Gasteiger partial charge in [-0.15, -0.1) is 11.3 Å². The Kier molecular flexibility index (Phi) is 2.91. The number of halogens is 2. The van der Waals surface area contributed by atoms with Crippen molar-refractivity contribution in [3.8, 4) is 0 Å². The molecule has 74 valence electrons. The van der Waals surface area contributed by atoms with Crippen molar-refractivity contribution in [2.24, 2.45) is 4.99 Å². The van der Waals surface area contributed by atoms with Gasteiger partial charge in [0.15, 0.2) is 5.17 Å². The average Bonchev–Trinajstić information content (AvgIpc) is 2.58. The summed E-state index contributed by atoms with van der Waals surface area (Å²) >= 11 is 13.5. The van der Waals surface area contributed by atoms with E-state index in [4.69, 9.17) is 23.2 Å². The molecule has 0 spiro atoms. The molecule has 0 radical (unpaired) electrons. The van der Waals surface area contributed by atoms with E-state index < -0.39 is 0 Å². The highest BCUT2D eigenvalue weighted by molar-refractivity contribution is 7.10. The van der Waals surface area contributed by atoms with Crippen LogP contribution in [-0.4, -0.2) is 10.2 Å². The van der Waals surface area contributed by atoms with E-state index in [1.165, 1.54) is 0 Å². The minimum Gasteiger partial charge on any atom is -0.242 e. The fourth-order valence-corrected chi connectivity index (χ4v) is 2.92. The quantitative estimate of drug-likeness (QED) is 0.694. The molecule has 5 heteroatoms. The molecule has 1 unspecified atom stereocenters. The van der Waals surface area contributed by atoms with E-state index in [2.05, 4.69) is 16.9 Å². The lowest BCUT2D eigenvalue weighted by atomic mass is 10.0. The number of hydrogen-bond donors (Lipinski definition) is 0. The molecule has 0 amide bonds. The molecule has 0 fully saturated rings. The number of aliphatic imine (C=N–C) groups is 1. The van der Waals surface area contributed by atoms with Gasteiger partial charge in [0, 0.05) is 10.8 Å². The number of nitrogens with zero attached hydrogens (tertiary/aromatic N) is 2. The number of rotatable bonds is 1. The first-order chi connectivity index (χ1) is 6.72. The molecule has 2 heterocycles. The van der Waals surface area contributed by atoms with Crippen LogP contribution in [0.5, 0.6) is 0 Å². The van der Waals surface area contributed by atoms with Crippen LogP contribution in [0.25, 0.3) is 0 Å². The minimum absolute atomic E-state index is 0.282. The molecule has 14 heavy (non-hydrogen) atoms. The average molecular weight is 247 g/mol. The lowest BCUT2D eigenvalue weighted by Gasteiger charge is -2.06. The summed E-state index contributed by atoms with van der Waals surface area (Å²) in [6.45, 7) is 2.11. The molecule has 1 aromatic rings. The number of allylic oxidation sites excluding steroid dienone is 1. The maximum absolute atomic E-state index is 5.98. The van der Waals surface area contributed by atoms with Crippen molar-refractivity contribution in [3.05, 3.63) is 27.3 Å². The normalized spacial score (nSPS) is 20.9. The molecule has 1 aromatic heterocycles. The first-order valence-corrected chi connectivity index (χ1v) is 5.91. The summed E-state index contributed by atoms with van der Waals surface area (Å²) in [5.74, 6) is 0.282. The van der Waals surface area contributed by atoms with Gasteiger partial charge in [0.1, 0.15) is 10.9 Å². The van der Waals surface area contributed by atoms with Crippen molar-refractivity contribution in [1.29, 1.82) is 0 Å². The molecule has 1 aliphatic heterocycles. The second-order valence-corrected chi connectivity index (χ2v) is 4.60. The maximum Gasteiger partial charge on any atom is 0.157 e. The third-order valence-corrected chi connectivity index (χ3v) is 3.55. The molecule has 0 saturated carbocycles. The highest BCUT2D eigenvalue weighted by Gasteiger charge is 2.21. The van der Waals surface area contributed by atoms with Crippen LogP contribution in [0.2, 0.25) is 0 Å². The number of fused-ring (bicyclic) bond motifs is 1. The zero-order valence-corrected chi connectivity index (χ0v) is 9.83. The van der Waals surface area contributed by atoms with Gasteiger partial charge in [-0.05, 0) is 12.5 Å². The summed E-state index contributed by atoms with van der Waals surface area (Å²) in [6.07, 6.45) is 2.90. The maximum atomic E-state index is 5.98. The summed E-state index contributed by atoms with van der Waals surface area (Å²) in [5, 5.41) is 0.838. The van der Waals surface area contributed by atoms with Crippen molar-refractivity contribution >= 4 is 39.7 Å². The molecule has 0 saturated heterocycles. The summed E-state index contributed by atoms with van der Waals surface area (Å²) in [5.41, 5.74) is 2.56. The molecule has 0 N–H and O–H groups in total. The third kappa shape index (κ3) is 1.72. The predicted molar refractivity (Wildman–Crippen MR) is 61.5 cm³/mol. The number of aromatic nitrogens is 1. The summed E-state index contributed by atoms with van der Waals surface area (Å²) in [6, 6.07) is 0. The SMILES string of the molecule is CCC1C=C(Cl)N=C(Cl)c2ncsc21. The largest absolute Gasteiger partial charge is 0.242 e. The Balaban J connectivity index is 2.55. The third-order valence-electron chi connectivity index (χ3n) is 2.11. The molecule has 0 aromatic carbocycles. The zero-order chi connectivity index (χ0) is 10.1. The Hall–Kier alpha value is -0.380. The van der Waals surface area contributed by atoms with E-state index in [9.17, 15) is 0 Å². The molecule has 1 atom stereocenters. The van der Waals surface area contributed by atoms with Crippen LogP contribution in [0, 0.1) is 0 Å². The monoisotopic (exact) mass is 246 g/mol. The highest BCUT2D eigenvalue weighted by Crippen LogP contribution is 2.33. The van der Waals surface area contributed by atoms with Crippen molar-refractivity contribution in [3.63, 3.8) is 0 Å². The van der Waals surface area contributed by atoms with Gasteiger partial charge in [-0.25, -0.2) is 9.98 Å². The fourth-order valence-electron chi connectivity index (χ4n) is 1.40. The first kappa shape index (κ1) is 10.1. The van der Waals surface area contributed by atoms with Gasteiger partial charge in [-0.2, -0.15) is 0 Å². The van der Waals surface area contributed by atoms with Crippen LogP contribution in [0.1, 0.15) is 29.8 Å². The van der Waals surface area contributed by atoms with Gasteiger partial charge in [-0.1, -0.05) is 30.1 Å². The summed E-state index contributed by atoms with van der Waals surface area (Å²) < 4.78 is 0. The summed E-state index contributed by atoms with van der Waals surface area (Å²) in [4.78, 5) is 9.39. The Morgan fingerprint density at radius 1 is 1.50 bits per heavy atom. The lowest BCUT2D eigenvalue weighted by Crippen LogP contribution is -1.97. The Bertz CT molecular complexity index is 409. The number of hydrogen-bond acceptors (Lipinski definition) is 3. The first-order valence-electron chi connectivity index (χ1n) is 4.27. The molecule has 2 nitrogen and oxygen atoms in total. The van der Waals surface area contributed by atoms with E-state index in [0.717, 1.165) is 17.0 Å². The van der Waals surface area contributed by atoms with E-state index >= 15 is 0 Å². The zero-order valence-electron chi connectivity index (χ0n) is 7.50. The molecular formula is C9H8Cl2N2S. The van der Waals surface area contributed by atoms with Crippen LogP contribution in [0.4, 0.5) is 0 Å². The van der Waals surface area contributed by atoms with Gasteiger partial charge >= 0.3 is 0 Å². The molecule has 0 aliphatic carbocycles. The minimum atomic E-state index is 0.282. The Morgan fingerprint density at radius 3 is 3.00 bits per heavy atom. The van der Waals surface area contributed by atoms with Crippen LogP contribution in [-0.2, 0) is 0 Å². The van der Waals surface area contributed by atoms with Gasteiger partial charge in [0.2, 0.25) is 0 Å². The van der Waals surface area contributed by atoms with Gasteiger partial charge in [-0.3, -0.25) is 0 Å². The summed E-state index contributed by atoms with van der Waals surface area (Å²) in [7, 11) is 0. The van der Waals surface area contributed by atoms with E-state index in [1.54, 1.807) is 16.8 Å². The fraction of sp³-hybridized carbons (Fsp3) is 0.333. The standard InChI is InChI=1S/C9H8Cl2N2S/c1-2-5-3-6(10)13-9(11)7-8(5)14-4-12-7/h3-5H,2H2,1H3. The molecule has 2 rings (SSSR count). The second kappa shape index (κ2) is 4.01. The number of thiazole rings is 1. The van der Waals surface area contributed by atoms with E-state index in [1.807, 2.05) is 6.08 Å². The van der Waals surface area contributed by atoms with Crippen molar-refractivity contribution in [2.45, 2.75) is 19.3 Å².